The standard InChI is InChI=1S/C27H33N7O2/c1-33-9-4-10-34(12-11-33)21-7-8-24-25(16-21)28-18-29-27(24)30-26-15-20(31-32-26)6-5-19-13-22(35-2)17-23(14-19)36-3/h7-8,13-18H,4-6,9-12H2,1-3H3,(H2,28,29,30,31,32). The van der Waals surface area contributed by atoms with Gasteiger partial charge in [0, 0.05) is 48.5 Å². The lowest BCUT2D eigenvalue weighted by atomic mass is 10.1. The molecule has 0 aliphatic carbocycles. The third kappa shape index (κ3) is 5.52. The minimum atomic E-state index is 0.729. The number of ether oxygens (including phenoxy) is 2. The number of aromatic amines is 1. The summed E-state index contributed by atoms with van der Waals surface area (Å²) in [6.07, 6.45) is 4.41. The van der Waals surface area contributed by atoms with E-state index >= 15 is 0 Å². The molecule has 0 saturated carbocycles. The number of nitrogens with zero attached hydrogens (tertiary/aromatic N) is 5. The highest BCUT2D eigenvalue weighted by Gasteiger charge is 2.14. The number of hydrogen-bond donors (Lipinski definition) is 2. The first kappa shape index (κ1) is 23.9. The van der Waals surface area contributed by atoms with Crippen molar-refractivity contribution in [1.29, 1.82) is 0 Å². The number of nitrogens with one attached hydrogen (secondary N) is 2. The van der Waals surface area contributed by atoms with E-state index in [9.17, 15) is 0 Å². The number of aromatic nitrogens is 4. The fraction of sp³-hybridized carbons (Fsp3) is 0.370. The first-order valence-electron chi connectivity index (χ1n) is 12.3. The lowest BCUT2D eigenvalue weighted by Crippen LogP contribution is -2.28. The molecule has 0 spiro atoms. The van der Waals surface area contributed by atoms with E-state index in [4.69, 9.17) is 9.47 Å². The van der Waals surface area contributed by atoms with Crippen molar-refractivity contribution < 1.29 is 9.47 Å². The van der Waals surface area contributed by atoms with Crippen LogP contribution < -0.4 is 19.7 Å². The van der Waals surface area contributed by atoms with Gasteiger partial charge in [-0.15, -0.1) is 0 Å². The van der Waals surface area contributed by atoms with Gasteiger partial charge in [-0.1, -0.05) is 0 Å². The second-order valence-electron chi connectivity index (χ2n) is 9.19. The zero-order valence-corrected chi connectivity index (χ0v) is 21.1. The first-order valence-corrected chi connectivity index (χ1v) is 12.3. The summed E-state index contributed by atoms with van der Waals surface area (Å²) in [5.41, 5.74) is 4.30. The van der Waals surface area contributed by atoms with Crippen LogP contribution in [0.1, 0.15) is 17.7 Å². The van der Waals surface area contributed by atoms with Crippen LogP contribution >= 0.6 is 0 Å². The summed E-state index contributed by atoms with van der Waals surface area (Å²) in [5, 5.41) is 11.9. The summed E-state index contributed by atoms with van der Waals surface area (Å²) >= 11 is 0. The largest absolute Gasteiger partial charge is 0.497 e. The molecule has 0 unspecified atom stereocenters. The van der Waals surface area contributed by atoms with Crippen molar-refractivity contribution in [2.75, 3.05) is 57.7 Å². The third-order valence-electron chi connectivity index (χ3n) is 6.68. The third-order valence-corrected chi connectivity index (χ3v) is 6.68. The molecule has 36 heavy (non-hydrogen) atoms. The van der Waals surface area contributed by atoms with Crippen LogP contribution in [0.3, 0.4) is 0 Å². The van der Waals surface area contributed by atoms with E-state index in [1.807, 2.05) is 24.3 Å². The molecule has 188 valence electrons. The van der Waals surface area contributed by atoms with Crippen LogP contribution in [0.15, 0.2) is 48.8 Å². The summed E-state index contributed by atoms with van der Waals surface area (Å²) in [4.78, 5) is 13.8. The van der Waals surface area contributed by atoms with Crippen molar-refractivity contribution >= 4 is 28.2 Å². The zero-order valence-electron chi connectivity index (χ0n) is 21.1. The van der Waals surface area contributed by atoms with Gasteiger partial charge >= 0.3 is 0 Å². The molecule has 3 heterocycles. The highest BCUT2D eigenvalue weighted by atomic mass is 16.5. The number of benzene rings is 2. The maximum atomic E-state index is 5.38. The molecular formula is C27H33N7O2. The molecule has 1 aliphatic heterocycles. The maximum Gasteiger partial charge on any atom is 0.153 e. The van der Waals surface area contributed by atoms with Crippen LogP contribution in [0.25, 0.3) is 10.9 Å². The van der Waals surface area contributed by atoms with Crippen LogP contribution in [-0.2, 0) is 12.8 Å². The van der Waals surface area contributed by atoms with Crippen LogP contribution in [0.4, 0.5) is 17.3 Å². The molecule has 0 radical (unpaired) electrons. The van der Waals surface area contributed by atoms with E-state index in [0.717, 1.165) is 90.7 Å². The van der Waals surface area contributed by atoms with E-state index in [2.05, 4.69) is 60.5 Å². The van der Waals surface area contributed by atoms with Crippen LogP contribution in [0.5, 0.6) is 11.5 Å². The number of H-pyrrole nitrogens is 1. The number of rotatable bonds is 8. The van der Waals surface area contributed by atoms with Gasteiger partial charge in [-0.25, -0.2) is 9.97 Å². The number of fused-ring (bicyclic) bond motifs is 1. The predicted octanol–water partition coefficient (Wildman–Crippen LogP) is 4.04. The summed E-state index contributed by atoms with van der Waals surface area (Å²) in [5.74, 6) is 3.06. The Labute approximate surface area is 211 Å². The van der Waals surface area contributed by atoms with E-state index in [1.54, 1.807) is 20.5 Å². The molecule has 2 N–H and O–H groups in total. The minimum absolute atomic E-state index is 0.729. The summed E-state index contributed by atoms with van der Waals surface area (Å²) < 4.78 is 10.8. The number of methoxy groups -OCH3 is 2. The minimum Gasteiger partial charge on any atom is -0.497 e. The van der Waals surface area contributed by atoms with Crippen molar-refractivity contribution in [2.45, 2.75) is 19.3 Å². The first-order chi connectivity index (χ1) is 17.6. The van der Waals surface area contributed by atoms with Crippen molar-refractivity contribution in [3.05, 3.63) is 60.0 Å². The van der Waals surface area contributed by atoms with Gasteiger partial charge in [0.25, 0.3) is 0 Å². The monoisotopic (exact) mass is 487 g/mol. The molecule has 2 aromatic heterocycles. The Balaban J connectivity index is 1.27. The topological polar surface area (TPSA) is 91.4 Å². The average molecular weight is 488 g/mol. The normalized spacial score (nSPS) is 14.6. The Morgan fingerprint density at radius 2 is 1.75 bits per heavy atom. The highest BCUT2D eigenvalue weighted by Crippen LogP contribution is 2.28. The lowest BCUT2D eigenvalue weighted by molar-refractivity contribution is 0.360. The molecule has 4 aromatic rings. The summed E-state index contributed by atoms with van der Waals surface area (Å²) in [7, 11) is 5.51. The SMILES string of the molecule is COc1cc(CCc2cc(Nc3ncnc4cc(N5CCCN(C)CC5)ccc34)n[nH]2)cc(OC)c1. The molecule has 0 atom stereocenters. The Kier molecular flexibility index (Phi) is 7.18. The smallest absolute Gasteiger partial charge is 0.153 e. The fourth-order valence-corrected chi connectivity index (χ4v) is 4.61. The molecule has 0 bridgehead atoms. The van der Waals surface area contributed by atoms with Crippen LogP contribution in [0, 0.1) is 0 Å². The van der Waals surface area contributed by atoms with E-state index < -0.39 is 0 Å². The molecule has 1 aliphatic rings. The van der Waals surface area contributed by atoms with Gasteiger partial charge in [-0.3, -0.25) is 5.10 Å². The average Bonchev–Trinajstić information content (AvgIpc) is 3.24. The van der Waals surface area contributed by atoms with Gasteiger partial charge in [0.2, 0.25) is 0 Å². The van der Waals surface area contributed by atoms with Gasteiger partial charge in [0.1, 0.15) is 23.6 Å². The lowest BCUT2D eigenvalue weighted by Gasteiger charge is -2.23. The van der Waals surface area contributed by atoms with E-state index in [-0.39, 0.29) is 0 Å². The second kappa shape index (κ2) is 10.8. The number of likely N-dealkylation sites (N-methyl/N-ethyl adjacent to an activating group) is 1. The fourth-order valence-electron chi connectivity index (χ4n) is 4.61. The van der Waals surface area contributed by atoms with Crippen LogP contribution in [0.2, 0.25) is 0 Å². The van der Waals surface area contributed by atoms with Crippen molar-refractivity contribution in [3.63, 3.8) is 0 Å². The quantitative estimate of drug-likeness (QED) is 0.385. The Hall–Kier alpha value is -3.85. The zero-order chi connectivity index (χ0) is 24.9. The maximum absolute atomic E-state index is 5.38. The Morgan fingerprint density at radius 1 is 0.917 bits per heavy atom. The van der Waals surface area contributed by atoms with Crippen LogP contribution in [-0.4, -0.2) is 72.5 Å². The summed E-state index contributed by atoms with van der Waals surface area (Å²) in [6.45, 7) is 4.29. The van der Waals surface area contributed by atoms with E-state index in [1.165, 1.54) is 5.69 Å². The Morgan fingerprint density at radius 3 is 2.56 bits per heavy atom. The summed E-state index contributed by atoms with van der Waals surface area (Å²) in [6, 6.07) is 14.4. The Bertz CT molecular complexity index is 1300. The van der Waals surface area contributed by atoms with Crippen molar-refractivity contribution in [2.24, 2.45) is 0 Å². The molecule has 1 saturated heterocycles. The van der Waals surface area contributed by atoms with Gasteiger partial charge in [0.05, 0.1) is 19.7 Å². The van der Waals surface area contributed by atoms with E-state index in [0.29, 0.717) is 0 Å². The van der Waals surface area contributed by atoms with Gasteiger partial charge in [-0.2, -0.15) is 5.10 Å². The predicted molar refractivity (Wildman–Crippen MR) is 143 cm³/mol. The number of aryl methyl sites for hydroxylation is 2. The molecule has 9 heteroatoms. The molecule has 2 aromatic carbocycles. The second-order valence-corrected chi connectivity index (χ2v) is 9.19. The molecular weight excluding hydrogens is 454 g/mol. The molecule has 0 amide bonds. The van der Waals surface area contributed by atoms with Crippen molar-refractivity contribution in [3.8, 4) is 11.5 Å². The van der Waals surface area contributed by atoms with Gasteiger partial charge in [0.15, 0.2) is 5.82 Å². The highest BCUT2D eigenvalue weighted by molar-refractivity contribution is 5.92. The van der Waals surface area contributed by atoms with Gasteiger partial charge < -0.3 is 24.6 Å². The van der Waals surface area contributed by atoms with Crippen molar-refractivity contribution in [1.82, 2.24) is 25.1 Å². The molecule has 5 rings (SSSR count). The number of anilines is 3. The molecule has 1 fully saturated rings. The molecule has 9 nitrogen and oxygen atoms in total. The number of hydrogen-bond acceptors (Lipinski definition) is 8. The van der Waals surface area contributed by atoms with Gasteiger partial charge in [-0.05, 0) is 68.8 Å².